The van der Waals surface area contributed by atoms with Crippen LogP contribution in [0.2, 0.25) is 0 Å². The van der Waals surface area contributed by atoms with E-state index in [2.05, 4.69) is 19.9 Å². The Morgan fingerprint density at radius 2 is 1.69 bits per heavy atom. The van der Waals surface area contributed by atoms with Crippen LogP contribution in [0.1, 0.15) is 5.56 Å². The molecule has 0 radical (unpaired) electrons. The number of hydrogen-bond acceptors (Lipinski definition) is 3. The molecule has 3 heterocycles. The Kier molecular flexibility index (Phi) is 5.36. The van der Waals surface area contributed by atoms with Gasteiger partial charge in [0, 0.05) is 35.0 Å². The molecule has 3 aromatic heterocycles. The first-order valence-electron chi connectivity index (χ1n) is 9.79. The molecule has 0 spiro atoms. The number of nitrogens with one attached hydrogen (secondary N) is 2. The molecule has 0 aliphatic heterocycles. The quantitative estimate of drug-likeness (QED) is 0.336. The second kappa shape index (κ2) is 8.46. The zero-order valence-electron chi connectivity index (χ0n) is 16.7. The third-order valence-electron chi connectivity index (χ3n) is 5.24. The number of imidazole rings is 1. The largest absolute Gasteiger partial charge is 0.299 e. The molecule has 32 heavy (non-hydrogen) atoms. The van der Waals surface area contributed by atoms with E-state index in [0.29, 0.717) is 6.54 Å². The van der Waals surface area contributed by atoms with E-state index in [0.717, 1.165) is 44.9 Å². The maximum atomic E-state index is 13.3. The van der Waals surface area contributed by atoms with E-state index in [1.165, 1.54) is 12.1 Å². The summed E-state index contributed by atoms with van der Waals surface area (Å²) in [5.74, 6) is -0.286. The standard InChI is InChI=1S/C23H18FN5O2S/c24-19-8-5-17(6-9-19)23-20(12-26-28-23)18-7-10-22-25-13-21(29(22)14-18)16-3-1-15(2-4-16)11-27-32(30)31/h1-10,12-14,27H,11H2,(H,26,28)(H,30,31). The first-order chi connectivity index (χ1) is 15.6. The highest BCUT2D eigenvalue weighted by Crippen LogP contribution is 2.31. The monoisotopic (exact) mass is 447 g/mol. The molecule has 0 aliphatic carbocycles. The Morgan fingerprint density at radius 1 is 0.969 bits per heavy atom. The third kappa shape index (κ3) is 3.96. The average molecular weight is 447 g/mol. The van der Waals surface area contributed by atoms with E-state index >= 15 is 0 Å². The summed E-state index contributed by atoms with van der Waals surface area (Å²) in [6, 6.07) is 17.9. The van der Waals surface area contributed by atoms with Crippen LogP contribution in [0, 0.1) is 5.82 Å². The normalized spacial score (nSPS) is 12.3. The minimum atomic E-state index is -2.04. The average Bonchev–Trinajstić information content (AvgIpc) is 3.45. The van der Waals surface area contributed by atoms with Crippen molar-refractivity contribution in [3.05, 3.63) is 90.6 Å². The van der Waals surface area contributed by atoms with Gasteiger partial charge in [-0.1, -0.05) is 24.3 Å². The molecule has 7 nitrogen and oxygen atoms in total. The predicted octanol–water partition coefficient (Wildman–Crippen LogP) is 4.42. The van der Waals surface area contributed by atoms with Gasteiger partial charge in [0.1, 0.15) is 11.5 Å². The van der Waals surface area contributed by atoms with Gasteiger partial charge in [-0.2, -0.15) is 5.10 Å². The smallest absolute Gasteiger partial charge is 0.232 e. The third-order valence-corrected chi connectivity index (χ3v) is 5.63. The number of aromatic nitrogens is 4. The molecule has 1 unspecified atom stereocenters. The number of fused-ring (bicyclic) bond motifs is 1. The van der Waals surface area contributed by atoms with Crippen molar-refractivity contribution in [1.82, 2.24) is 24.3 Å². The maximum Gasteiger partial charge on any atom is 0.232 e. The highest BCUT2D eigenvalue weighted by molar-refractivity contribution is 7.77. The van der Waals surface area contributed by atoms with Crippen molar-refractivity contribution < 1.29 is 13.2 Å². The summed E-state index contributed by atoms with van der Waals surface area (Å²) in [7, 11) is 0. The van der Waals surface area contributed by atoms with Crippen molar-refractivity contribution >= 4 is 16.9 Å². The minimum absolute atomic E-state index is 0.286. The molecular formula is C23H18FN5O2S. The van der Waals surface area contributed by atoms with Gasteiger partial charge in [0.05, 0.1) is 23.8 Å². The lowest BCUT2D eigenvalue weighted by Crippen LogP contribution is -2.15. The number of H-pyrrole nitrogens is 1. The molecule has 0 fully saturated rings. The van der Waals surface area contributed by atoms with Crippen molar-refractivity contribution in [2.24, 2.45) is 0 Å². The van der Waals surface area contributed by atoms with E-state index in [-0.39, 0.29) is 5.82 Å². The van der Waals surface area contributed by atoms with Crippen molar-refractivity contribution in [3.8, 4) is 33.6 Å². The minimum Gasteiger partial charge on any atom is -0.299 e. The van der Waals surface area contributed by atoms with E-state index < -0.39 is 11.3 Å². The van der Waals surface area contributed by atoms with Gasteiger partial charge in [-0.25, -0.2) is 18.3 Å². The molecule has 3 N–H and O–H groups in total. The molecule has 0 saturated carbocycles. The number of pyridine rings is 1. The van der Waals surface area contributed by atoms with Gasteiger partial charge in [0.25, 0.3) is 0 Å². The Morgan fingerprint density at radius 3 is 2.44 bits per heavy atom. The van der Waals surface area contributed by atoms with Crippen LogP contribution >= 0.6 is 0 Å². The molecule has 0 bridgehead atoms. The first kappa shape index (κ1) is 20.3. The van der Waals surface area contributed by atoms with Crippen LogP contribution in [0.4, 0.5) is 4.39 Å². The van der Waals surface area contributed by atoms with E-state index in [1.807, 2.05) is 53.2 Å². The molecule has 0 saturated heterocycles. The molecule has 2 aromatic carbocycles. The fourth-order valence-corrected chi connectivity index (χ4v) is 3.92. The van der Waals surface area contributed by atoms with Crippen LogP contribution in [-0.2, 0) is 17.8 Å². The van der Waals surface area contributed by atoms with Crippen LogP contribution in [0.25, 0.3) is 39.3 Å². The van der Waals surface area contributed by atoms with Gasteiger partial charge in [-0.05, 0) is 42.0 Å². The summed E-state index contributed by atoms with van der Waals surface area (Å²) >= 11 is -2.04. The lowest BCUT2D eigenvalue weighted by atomic mass is 10.0. The molecule has 0 aliphatic rings. The predicted molar refractivity (Wildman–Crippen MR) is 121 cm³/mol. The molecule has 5 aromatic rings. The van der Waals surface area contributed by atoms with Crippen LogP contribution in [0.5, 0.6) is 0 Å². The van der Waals surface area contributed by atoms with Gasteiger partial charge in [-0.3, -0.25) is 14.1 Å². The SMILES string of the molecule is O=S(O)NCc1ccc(-c2cnc3ccc(-c4cn[nH]c4-c4ccc(F)cc4)cn23)cc1. The zero-order chi connectivity index (χ0) is 22.1. The maximum absolute atomic E-state index is 13.3. The number of hydrogen-bond donors (Lipinski definition) is 3. The van der Waals surface area contributed by atoms with Crippen molar-refractivity contribution in [1.29, 1.82) is 0 Å². The Hall–Kier alpha value is -3.66. The summed E-state index contributed by atoms with van der Waals surface area (Å²) in [4.78, 5) is 4.50. The second-order valence-corrected chi connectivity index (χ2v) is 8.01. The summed E-state index contributed by atoms with van der Waals surface area (Å²) in [6.07, 6.45) is 5.56. The van der Waals surface area contributed by atoms with E-state index in [9.17, 15) is 8.60 Å². The van der Waals surface area contributed by atoms with Crippen molar-refractivity contribution in [2.75, 3.05) is 0 Å². The van der Waals surface area contributed by atoms with E-state index in [1.54, 1.807) is 18.3 Å². The zero-order valence-corrected chi connectivity index (χ0v) is 17.5. The number of nitrogens with zero attached hydrogens (tertiary/aromatic N) is 3. The molecule has 0 amide bonds. The Bertz CT molecular complexity index is 1410. The fraction of sp³-hybridized carbons (Fsp3) is 0.0435. The number of aromatic amines is 1. The van der Waals surface area contributed by atoms with Gasteiger partial charge >= 0.3 is 0 Å². The van der Waals surface area contributed by atoms with Crippen LogP contribution in [0.3, 0.4) is 0 Å². The van der Waals surface area contributed by atoms with Gasteiger partial charge in [-0.15, -0.1) is 0 Å². The molecule has 5 rings (SSSR count). The van der Waals surface area contributed by atoms with Gasteiger partial charge in [0.15, 0.2) is 0 Å². The van der Waals surface area contributed by atoms with Crippen molar-refractivity contribution in [2.45, 2.75) is 6.54 Å². The molecule has 160 valence electrons. The molecule has 9 heteroatoms. The van der Waals surface area contributed by atoms with E-state index in [4.69, 9.17) is 4.55 Å². The van der Waals surface area contributed by atoms with Crippen molar-refractivity contribution in [3.63, 3.8) is 0 Å². The lowest BCUT2D eigenvalue weighted by molar-refractivity contribution is 0.548. The first-order valence-corrected chi connectivity index (χ1v) is 10.9. The highest BCUT2D eigenvalue weighted by atomic mass is 32.2. The topological polar surface area (TPSA) is 95.3 Å². The summed E-state index contributed by atoms with van der Waals surface area (Å²) in [5, 5.41) is 7.21. The van der Waals surface area contributed by atoms with Crippen LogP contribution in [-0.4, -0.2) is 28.3 Å². The summed E-state index contributed by atoms with van der Waals surface area (Å²) in [6.45, 7) is 0.299. The summed E-state index contributed by atoms with van der Waals surface area (Å²) in [5.41, 5.74) is 7.08. The number of rotatable bonds is 6. The highest BCUT2D eigenvalue weighted by Gasteiger charge is 2.13. The Labute approximate surface area is 185 Å². The number of benzene rings is 2. The van der Waals surface area contributed by atoms with Crippen LogP contribution < -0.4 is 4.72 Å². The van der Waals surface area contributed by atoms with Crippen LogP contribution in [0.15, 0.2) is 79.3 Å². The molecular weight excluding hydrogens is 429 g/mol. The van der Waals surface area contributed by atoms with Gasteiger partial charge in [0.2, 0.25) is 11.3 Å². The second-order valence-electron chi connectivity index (χ2n) is 7.22. The number of halogens is 1. The summed E-state index contributed by atoms with van der Waals surface area (Å²) < 4.78 is 37.5. The Balaban J connectivity index is 1.51. The lowest BCUT2D eigenvalue weighted by Gasteiger charge is -2.08. The van der Waals surface area contributed by atoms with Gasteiger partial charge < -0.3 is 0 Å². The fourth-order valence-electron chi connectivity index (χ4n) is 3.63. The molecule has 1 atom stereocenters.